The van der Waals surface area contributed by atoms with Gasteiger partial charge in [0.25, 0.3) is 0 Å². The lowest BCUT2D eigenvalue weighted by molar-refractivity contribution is -0.121. The Morgan fingerprint density at radius 2 is 2.06 bits per heavy atom. The van der Waals surface area contributed by atoms with E-state index in [1.165, 1.54) is 0 Å². The first kappa shape index (κ1) is 15.2. The van der Waals surface area contributed by atoms with Gasteiger partial charge in [0.2, 0.25) is 5.91 Å². The summed E-state index contributed by atoms with van der Waals surface area (Å²) in [5, 5.41) is 12.3. The molecule has 3 nitrogen and oxygen atoms in total. The van der Waals surface area contributed by atoms with Crippen molar-refractivity contribution in [3.63, 3.8) is 0 Å². The van der Waals surface area contributed by atoms with Crippen LogP contribution in [-0.2, 0) is 11.2 Å². The predicted molar refractivity (Wildman–Crippen MR) is 76.3 cm³/mol. The fraction of sp³-hybridized carbons (Fsp3) is 0.500. The first-order chi connectivity index (χ1) is 8.50. The highest BCUT2D eigenvalue weighted by atomic mass is 79.9. The van der Waals surface area contributed by atoms with Crippen molar-refractivity contribution in [3.8, 4) is 0 Å². The minimum absolute atomic E-state index is 0.0227. The van der Waals surface area contributed by atoms with Crippen molar-refractivity contribution in [2.45, 2.75) is 32.8 Å². The van der Waals surface area contributed by atoms with Gasteiger partial charge in [-0.2, -0.15) is 0 Å². The number of carbonyl (C=O) groups excluding carboxylic acids is 1. The van der Waals surface area contributed by atoms with Crippen molar-refractivity contribution < 1.29 is 9.90 Å². The Kier molecular flexibility index (Phi) is 6.36. The van der Waals surface area contributed by atoms with E-state index in [2.05, 4.69) is 21.2 Å². The zero-order valence-corrected chi connectivity index (χ0v) is 12.4. The molecule has 18 heavy (non-hydrogen) atoms. The molecule has 1 aromatic carbocycles. The monoisotopic (exact) mass is 313 g/mol. The number of hydrogen-bond donors (Lipinski definition) is 2. The fourth-order valence-corrected chi connectivity index (χ4v) is 1.97. The summed E-state index contributed by atoms with van der Waals surface area (Å²) in [7, 11) is 0. The number of hydrogen-bond acceptors (Lipinski definition) is 2. The van der Waals surface area contributed by atoms with E-state index in [-0.39, 0.29) is 11.8 Å². The van der Waals surface area contributed by atoms with E-state index in [1.54, 1.807) is 0 Å². The summed E-state index contributed by atoms with van der Waals surface area (Å²) >= 11 is 3.46. The molecule has 0 bridgehead atoms. The van der Waals surface area contributed by atoms with E-state index in [1.807, 2.05) is 38.1 Å². The third-order valence-corrected chi connectivity index (χ3v) is 3.63. The molecular weight excluding hydrogens is 294 g/mol. The van der Waals surface area contributed by atoms with E-state index in [0.717, 1.165) is 10.0 Å². The highest BCUT2D eigenvalue weighted by Gasteiger charge is 2.10. The Bertz CT molecular complexity index is 393. The lowest BCUT2D eigenvalue weighted by Gasteiger charge is -2.15. The summed E-state index contributed by atoms with van der Waals surface area (Å²) in [6.45, 7) is 4.18. The van der Waals surface area contributed by atoms with E-state index in [9.17, 15) is 9.90 Å². The molecule has 0 heterocycles. The van der Waals surface area contributed by atoms with Crippen LogP contribution in [0.4, 0.5) is 0 Å². The topological polar surface area (TPSA) is 49.3 Å². The Balaban J connectivity index is 2.32. The summed E-state index contributed by atoms with van der Waals surface area (Å²) < 4.78 is 1.03. The van der Waals surface area contributed by atoms with Gasteiger partial charge < -0.3 is 10.4 Å². The van der Waals surface area contributed by atoms with Crippen molar-refractivity contribution in [2.75, 3.05) is 6.54 Å². The molecule has 0 aliphatic heterocycles. The minimum Gasteiger partial charge on any atom is -0.391 e. The smallest absolute Gasteiger partial charge is 0.220 e. The van der Waals surface area contributed by atoms with Crippen LogP contribution >= 0.6 is 15.9 Å². The Hall–Kier alpha value is -0.870. The van der Waals surface area contributed by atoms with E-state index in [4.69, 9.17) is 0 Å². The van der Waals surface area contributed by atoms with Crippen molar-refractivity contribution in [3.05, 3.63) is 34.3 Å². The Labute approximate surface area is 117 Å². The van der Waals surface area contributed by atoms with Gasteiger partial charge in [-0.25, -0.2) is 0 Å². The average molecular weight is 314 g/mol. The van der Waals surface area contributed by atoms with Crippen LogP contribution in [0.2, 0.25) is 0 Å². The lowest BCUT2D eigenvalue weighted by Crippen LogP contribution is -2.34. The molecule has 1 rings (SSSR count). The van der Waals surface area contributed by atoms with Gasteiger partial charge in [-0.15, -0.1) is 0 Å². The SMILES string of the molecule is CC(C)C(O)CNC(=O)CCc1ccccc1Br. The van der Waals surface area contributed by atoms with Gasteiger partial charge in [0.1, 0.15) is 0 Å². The van der Waals surface area contributed by atoms with E-state index in [0.29, 0.717) is 19.4 Å². The normalized spacial score (nSPS) is 12.5. The summed E-state index contributed by atoms with van der Waals surface area (Å²) in [4.78, 5) is 11.6. The second-order valence-electron chi connectivity index (χ2n) is 4.71. The summed E-state index contributed by atoms with van der Waals surface area (Å²) in [5.74, 6) is 0.138. The fourth-order valence-electron chi connectivity index (χ4n) is 1.49. The number of rotatable bonds is 6. The molecule has 4 heteroatoms. The molecule has 0 fully saturated rings. The molecule has 0 spiro atoms. The molecule has 100 valence electrons. The third kappa shape index (κ3) is 5.19. The molecule has 1 unspecified atom stereocenters. The lowest BCUT2D eigenvalue weighted by atomic mass is 10.1. The van der Waals surface area contributed by atoms with Gasteiger partial charge in [-0.3, -0.25) is 4.79 Å². The van der Waals surface area contributed by atoms with Gasteiger partial charge in [-0.05, 0) is 24.0 Å². The summed E-state index contributed by atoms with van der Waals surface area (Å²) in [6.07, 6.45) is 0.663. The second-order valence-corrected chi connectivity index (χ2v) is 5.56. The average Bonchev–Trinajstić information content (AvgIpc) is 2.34. The molecule has 0 aliphatic rings. The number of aliphatic hydroxyl groups is 1. The molecular formula is C14H20BrNO2. The number of nitrogens with one attached hydrogen (secondary N) is 1. The van der Waals surface area contributed by atoms with Gasteiger partial charge in [-0.1, -0.05) is 48.0 Å². The summed E-state index contributed by atoms with van der Waals surface area (Å²) in [5.41, 5.74) is 1.12. The maximum Gasteiger partial charge on any atom is 0.220 e. The third-order valence-electron chi connectivity index (χ3n) is 2.86. The maximum atomic E-state index is 11.6. The van der Waals surface area contributed by atoms with Gasteiger partial charge in [0.15, 0.2) is 0 Å². The van der Waals surface area contributed by atoms with Crippen LogP contribution in [0, 0.1) is 5.92 Å². The number of halogens is 1. The van der Waals surface area contributed by atoms with Gasteiger partial charge >= 0.3 is 0 Å². The van der Waals surface area contributed by atoms with E-state index < -0.39 is 6.10 Å². The highest BCUT2D eigenvalue weighted by Crippen LogP contribution is 2.17. The second kappa shape index (κ2) is 7.54. The van der Waals surface area contributed by atoms with Crippen LogP contribution in [-0.4, -0.2) is 23.7 Å². The van der Waals surface area contributed by atoms with Crippen molar-refractivity contribution in [1.82, 2.24) is 5.32 Å². The van der Waals surface area contributed by atoms with Gasteiger partial charge in [0.05, 0.1) is 6.10 Å². The Morgan fingerprint density at radius 1 is 1.39 bits per heavy atom. The minimum atomic E-state index is -0.475. The van der Waals surface area contributed by atoms with Crippen LogP contribution in [0.15, 0.2) is 28.7 Å². The van der Waals surface area contributed by atoms with Crippen LogP contribution in [0.1, 0.15) is 25.8 Å². The molecule has 1 atom stereocenters. The van der Waals surface area contributed by atoms with Crippen LogP contribution in [0.25, 0.3) is 0 Å². The van der Waals surface area contributed by atoms with Crippen molar-refractivity contribution in [1.29, 1.82) is 0 Å². The Morgan fingerprint density at radius 3 is 2.67 bits per heavy atom. The zero-order valence-electron chi connectivity index (χ0n) is 10.8. The molecule has 2 N–H and O–H groups in total. The largest absolute Gasteiger partial charge is 0.391 e. The molecule has 1 aromatic rings. The molecule has 0 aromatic heterocycles. The molecule has 0 saturated carbocycles. The first-order valence-electron chi connectivity index (χ1n) is 6.19. The number of carbonyl (C=O) groups is 1. The number of aryl methyl sites for hydroxylation is 1. The quantitative estimate of drug-likeness (QED) is 0.848. The van der Waals surface area contributed by atoms with Gasteiger partial charge in [0, 0.05) is 17.4 Å². The summed E-state index contributed by atoms with van der Waals surface area (Å²) in [6, 6.07) is 7.88. The van der Waals surface area contributed by atoms with Crippen LogP contribution < -0.4 is 5.32 Å². The number of aliphatic hydroxyl groups excluding tert-OH is 1. The molecule has 0 aliphatic carbocycles. The van der Waals surface area contributed by atoms with Crippen molar-refractivity contribution in [2.24, 2.45) is 5.92 Å². The zero-order chi connectivity index (χ0) is 13.5. The van der Waals surface area contributed by atoms with Crippen LogP contribution in [0.3, 0.4) is 0 Å². The predicted octanol–water partition coefficient (Wildman–Crippen LogP) is 2.51. The number of benzene rings is 1. The highest BCUT2D eigenvalue weighted by molar-refractivity contribution is 9.10. The maximum absolute atomic E-state index is 11.6. The standard InChI is InChI=1S/C14H20BrNO2/c1-10(2)13(17)9-16-14(18)8-7-11-5-3-4-6-12(11)15/h3-6,10,13,17H,7-9H2,1-2H3,(H,16,18). The number of amides is 1. The molecule has 1 amide bonds. The molecule has 0 saturated heterocycles. The van der Waals surface area contributed by atoms with E-state index >= 15 is 0 Å². The van der Waals surface area contributed by atoms with Crippen LogP contribution in [0.5, 0.6) is 0 Å². The first-order valence-corrected chi connectivity index (χ1v) is 6.98. The molecule has 0 radical (unpaired) electrons. The van der Waals surface area contributed by atoms with Crippen molar-refractivity contribution >= 4 is 21.8 Å².